The van der Waals surface area contributed by atoms with Crippen molar-refractivity contribution in [1.82, 2.24) is 9.78 Å². The van der Waals surface area contributed by atoms with Crippen LogP contribution in [0.4, 0.5) is 0 Å². The topological polar surface area (TPSA) is 55.1 Å². The lowest BCUT2D eigenvalue weighted by Crippen LogP contribution is -2.13. The van der Waals surface area contributed by atoms with Crippen molar-refractivity contribution in [2.45, 2.75) is 52.5 Å². The first-order valence-corrected chi connectivity index (χ1v) is 9.79. The molecule has 146 valence electrons. The highest BCUT2D eigenvalue weighted by molar-refractivity contribution is 5.90. The molecule has 4 heteroatoms. The van der Waals surface area contributed by atoms with E-state index < -0.39 is 5.97 Å². The predicted molar refractivity (Wildman–Crippen MR) is 113 cm³/mol. The van der Waals surface area contributed by atoms with E-state index in [1.54, 1.807) is 4.68 Å². The van der Waals surface area contributed by atoms with Crippen molar-refractivity contribution < 1.29 is 9.90 Å². The van der Waals surface area contributed by atoms with E-state index in [1.807, 2.05) is 25.1 Å². The summed E-state index contributed by atoms with van der Waals surface area (Å²) >= 11 is 0. The molecule has 0 saturated heterocycles. The molecule has 0 unspecified atom stereocenters. The van der Waals surface area contributed by atoms with Crippen molar-refractivity contribution in [3.8, 4) is 11.3 Å². The SMILES string of the molecule is CCc1c(-c2ccc(C(C)(C)C)cc2)nn(CCc2ccccc2)c1C(=O)O. The first-order valence-electron chi connectivity index (χ1n) is 9.79. The van der Waals surface area contributed by atoms with Crippen molar-refractivity contribution in [3.63, 3.8) is 0 Å². The van der Waals surface area contributed by atoms with Gasteiger partial charge in [-0.2, -0.15) is 5.10 Å². The number of benzene rings is 2. The number of carbonyl (C=O) groups is 1. The molecule has 0 saturated carbocycles. The molecule has 3 aromatic rings. The molecule has 0 aliphatic heterocycles. The lowest BCUT2D eigenvalue weighted by Gasteiger charge is -2.19. The molecule has 28 heavy (non-hydrogen) atoms. The van der Waals surface area contributed by atoms with Crippen molar-refractivity contribution in [3.05, 3.63) is 77.0 Å². The van der Waals surface area contributed by atoms with Crippen LogP contribution in [0.15, 0.2) is 54.6 Å². The molecule has 0 aliphatic carbocycles. The van der Waals surface area contributed by atoms with Gasteiger partial charge in [-0.15, -0.1) is 0 Å². The van der Waals surface area contributed by atoms with E-state index in [2.05, 4.69) is 57.2 Å². The number of carboxylic acids is 1. The summed E-state index contributed by atoms with van der Waals surface area (Å²) in [5, 5.41) is 14.5. The van der Waals surface area contributed by atoms with Gasteiger partial charge in [-0.25, -0.2) is 4.79 Å². The van der Waals surface area contributed by atoms with Gasteiger partial charge in [-0.3, -0.25) is 4.68 Å². The van der Waals surface area contributed by atoms with E-state index in [1.165, 1.54) is 11.1 Å². The Hall–Kier alpha value is -2.88. The van der Waals surface area contributed by atoms with Crippen molar-refractivity contribution in [2.24, 2.45) is 0 Å². The second-order valence-electron chi connectivity index (χ2n) is 8.12. The van der Waals surface area contributed by atoms with Crippen LogP contribution in [-0.4, -0.2) is 20.9 Å². The number of aromatic nitrogens is 2. The van der Waals surface area contributed by atoms with Crippen LogP contribution >= 0.6 is 0 Å². The number of aryl methyl sites for hydroxylation is 2. The molecule has 0 radical (unpaired) electrons. The monoisotopic (exact) mass is 376 g/mol. The first-order chi connectivity index (χ1) is 13.3. The number of hydrogen-bond donors (Lipinski definition) is 1. The predicted octanol–water partition coefficient (Wildman–Crippen LogP) is 5.35. The summed E-state index contributed by atoms with van der Waals surface area (Å²) < 4.78 is 1.65. The van der Waals surface area contributed by atoms with Crippen LogP contribution in [0, 0.1) is 0 Å². The third kappa shape index (κ3) is 4.16. The molecule has 1 heterocycles. The van der Waals surface area contributed by atoms with Crippen molar-refractivity contribution in [1.29, 1.82) is 0 Å². The van der Waals surface area contributed by atoms with Gasteiger partial charge in [-0.05, 0) is 29.4 Å². The number of carboxylic acid groups (broad SMARTS) is 1. The molecular formula is C24H28N2O2. The minimum absolute atomic E-state index is 0.0768. The smallest absolute Gasteiger partial charge is 0.354 e. The normalized spacial score (nSPS) is 11.6. The Morgan fingerprint density at radius 2 is 1.68 bits per heavy atom. The Morgan fingerprint density at radius 1 is 1.04 bits per heavy atom. The molecule has 0 amide bonds. The Labute approximate surface area is 166 Å². The van der Waals surface area contributed by atoms with Gasteiger partial charge in [0.2, 0.25) is 0 Å². The van der Waals surface area contributed by atoms with Crippen LogP contribution in [0.2, 0.25) is 0 Å². The summed E-state index contributed by atoms with van der Waals surface area (Å²) in [6.45, 7) is 9.07. The van der Waals surface area contributed by atoms with Gasteiger partial charge >= 0.3 is 5.97 Å². The molecule has 0 fully saturated rings. The van der Waals surface area contributed by atoms with Gasteiger partial charge in [0, 0.05) is 17.7 Å². The molecule has 1 aromatic heterocycles. The molecule has 0 aliphatic rings. The molecule has 4 nitrogen and oxygen atoms in total. The van der Waals surface area contributed by atoms with Crippen LogP contribution in [-0.2, 0) is 24.8 Å². The highest BCUT2D eigenvalue weighted by Crippen LogP contribution is 2.29. The highest BCUT2D eigenvalue weighted by atomic mass is 16.4. The quantitative estimate of drug-likeness (QED) is 0.631. The Balaban J connectivity index is 1.98. The van der Waals surface area contributed by atoms with Crippen LogP contribution in [0.5, 0.6) is 0 Å². The van der Waals surface area contributed by atoms with E-state index in [0.29, 0.717) is 18.7 Å². The van der Waals surface area contributed by atoms with Crippen LogP contribution in [0.25, 0.3) is 11.3 Å². The summed E-state index contributed by atoms with van der Waals surface area (Å²) in [5.41, 5.74) is 5.32. The number of hydrogen-bond acceptors (Lipinski definition) is 2. The zero-order valence-electron chi connectivity index (χ0n) is 17.1. The fraction of sp³-hybridized carbons (Fsp3) is 0.333. The van der Waals surface area contributed by atoms with E-state index in [-0.39, 0.29) is 5.41 Å². The van der Waals surface area contributed by atoms with Crippen molar-refractivity contribution in [2.75, 3.05) is 0 Å². The largest absolute Gasteiger partial charge is 0.477 e. The first kappa shape index (κ1) is 19.9. The van der Waals surface area contributed by atoms with Gasteiger partial charge in [-0.1, -0.05) is 82.3 Å². The minimum Gasteiger partial charge on any atom is -0.477 e. The second-order valence-corrected chi connectivity index (χ2v) is 8.12. The van der Waals surface area contributed by atoms with E-state index in [0.717, 1.165) is 23.2 Å². The van der Waals surface area contributed by atoms with Gasteiger partial charge < -0.3 is 5.11 Å². The summed E-state index contributed by atoms with van der Waals surface area (Å²) in [6.07, 6.45) is 1.37. The maximum Gasteiger partial charge on any atom is 0.354 e. The molecule has 3 rings (SSSR count). The number of aromatic carboxylic acids is 1. The van der Waals surface area contributed by atoms with Gasteiger partial charge in [0.25, 0.3) is 0 Å². The average molecular weight is 376 g/mol. The zero-order valence-corrected chi connectivity index (χ0v) is 17.1. The average Bonchev–Trinajstić information content (AvgIpc) is 3.05. The van der Waals surface area contributed by atoms with Crippen LogP contribution in [0.1, 0.15) is 54.9 Å². The lowest BCUT2D eigenvalue weighted by atomic mass is 9.86. The Kier molecular flexibility index (Phi) is 5.68. The van der Waals surface area contributed by atoms with Crippen molar-refractivity contribution >= 4 is 5.97 Å². The molecule has 0 spiro atoms. The lowest BCUT2D eigenvalue weighted by molar-refractivity contribution is 0.0682. The summed E-state index contributed by atoms with van der Waals surface area (Å²) in [4.78, 5) is 12.0. The summed E-state index contributed by atoms with van der Waals surface area (Å²) in [6, 6.07) is 18.4. The maximum atomic E-state index is 12.0. The third-order valence-electron chi connectivity index (χ3n) is 5.09. The molecule has 1 N–H and O–H groups in total. The van der Waals surface area contributed by atoms with E-state index in [4.69, 9.17) is 5.10 Å². The van der Waals surface area contributed by atoms with Gasteiger partial charge in [0.1, 0.15) is 5.69 Å². The highest BCUT2D eigenvalue weighted by Gasteiger charge is 2.23. The third-order valence-corrected chi connectivity index (χ3v) is 5.09. The fourth-order valence-electron chi connectivity index (χ4n) is 3.47. The minimum atomic E-state index is -0.921. The second kappa shape index (κ2) is 8.01. The maximum absolute atomic E-state index is 12.0. The fourth-order valence-corrected chi connectivity index (χ4v) is 3.47. The van der Waals surface area contributed by atoms with E-state index in [9.17, 15) is 9.90 Å². The number of rotatable bonds is 6. The van der Waals surface area contributed by atoms with Gasteiger partial charge in [0.05, 0.1) is 5.69 Å². The standard InChI is InChI=1S/C24H28N2O2/c1-5-20-21(18-11-13-19(14-12-18)24(2,3)4)25-26(22(20)23(27)28)16-15-17-9-7-6-8-10-17/h6-14H,5,15-16H2,1-4H3,(H,27,28). The van der Waals surface area contributed by atoms with Crippen LogP contribution in [0.3, 0.4) is 0 Å². The number of nitrogens with zero attached hydrogens (tertiary/aromatic N) is 2. The molecule has 0 atom stereocenters. The Morgan fingerprint density at radius 3 is 2.21 bits per heavy atom. The molecule has 0 bridgehead atoms. The van der Waals surface area contributed by atoms with Crippen LogP contribution < -0.4 is 0 Å². The van der Waals surface area contributed by atoms with E-state index >= 15 is 0 Å². The summed E-state index contributed by atoms with van der Waals surface area (Å²) in [7, 11) is 0. The Bertz CT molecular complexity index is 949. The van der Waals surface area contributed by atoms with Gasteiger partial charge in [0.15, 0.2) is 0 Å². The molecule has 2 aromatic carbocycles. The summed E-state index contributed by atoms with van der Waals surface area (Å²) in [5.74, 6) is -0.921. The zero-order chi connectivity index (χ0) is 20.3. The molecular weight excluding hydrogens is 348 g/mol.